The summed E-state index contributed by atoms with van der Waals surface area (Å²) in [5.74, 6) is -0.0576. The van der Waals surface area contributed by atoms with Gasteiger partial charge in [0.2, 0.25) is 0 Å². The van der Waals surface area contributed by atoms with E-state index in [4.69, 9.17) is 14.2 Å². The van der Waals surface area contributed by atoms with Crippen molar-refractivity contribution < 1.29 is 23.3 Å². The highest BCUT2D eigenvalue weighted by Gasteiger charge is 2.16. The van der Waals surface area contributed by atoms with Crippen LogP contribution in [0.4, 0.5) is 0 Å². The molecule has 2 aromatic rings. The van der Waals surface area contributed by atoms with E-state index in [9.17, 15) is 9.36 Å². The predicted octanol–water partition coefficient (Wildman–Crippen LogP) is 1.57. The third-order valence-corrected chi connectivity index (χ3v) is 2.55. The molecule has 0 aliphatic heterocycles. The van der Waals surface area contributed by atoms with Crippen molar-refractivity contribution in [1.82, 2.24) is 0 Å². The number of benzene rings is 1. The van der Waals surface area contributed by atoms with Crippen LogP contribution in [-0.4, -0.2) is 9.79 Å². The summed E-state index contributed by atoms with van der Waals surface area (Å²) >= 11 is 0. The van der Waals surface area contributed by atoms with Gasteiger partial charge in [0.15, 0.2) is 0 Å². The second-order valence-corrected chi connectivity index (χ2v) is 4.66. The normalized spacial score (nSPS) is 11.7. The Hall–Kier alpha value is -1.62. The van der Waals surface area contributed by atoms with Crippen molar-refractivity contribution in [3.8, 4) is 5.75 Å². The second-order valence-electron chi connectivity index (χ2n) is 3.50. The molecular weight excluding hydrogens is 247 g/mol. The van der Waals surface area contributed by atoms with Gasteiger partial charge in [-0.15, -0.1) is 0 Å². The SMILES string of the molecule is Cc1cc2ccc(OP(=O)(O)O)cc2oc1=O. The Balaban J connectivity index is 2.54. The van der Waals surface area contributed by atoms with Gasteiger partial charge in [-0.3, -0.25) is 9.79 Å². The Morgan fingerprint density at radius 1 is 1.29 bits per heavy atom. The zero-order chi connectivity index (χ0) is 12.6. The van der Waals surface area contributed by atoms with Crippen molar-refractivity contribution in [3.05, 3.63) is 40.2 Å². The van der Waals surface area contributed by atoms with E-state index < -0.39 is 13.4 Å². The Labute approximate surface area is 95.7 Å². The molecule has 6 nitrogen and oxygen atoms in total. The van der Waals surface area contributed by atoms with Gasteiger partial charge in [-0.05, 0) is 25.1 Å². The molecule has 1 aromatic heterocycles. The molecular formula is C10H9O6P. The molecule has 0 aliphatic carbocycles. The van der Waals surface area contributed by atoms with Crippen molar-refractivity contribution in [3.63, 3.8) is 0 Å². The molecule has 0 saturated heterocycles. The molecule has 0 aliphatic rings. The lowest BCUT2D eigenvalue weighted by Gasteiger charge is -2.06. The first kappa shape index (κ1) is 11.9. The number of phosphoric acid groups is 1. The van der Waals surface area contributed by atoms with E-state index in [1.165, 1.54) is 12.1 Å². The van der Waals surface area contributed by atoms with Crippen LogP contribution in [0.3, 0.4) is 0 Å². The van der Waals surface area contributed by atoms with E-state index in [-0.39, 0.29) is 11.3 Å². The van der Waals surface area contributed by atoms with Gasteiger partial charge in [-0.25, -0.2) is 9.36 Å². The van der Waals surface area contributed by atoms with Gasteiger partial charge >= 0.3 is 13.4 Å². The van der Waals surface area contributed by atoms with E-state index in [1.807, 2.05) is 0 Å². The van der Waals surface area contributed by atoms with Crippen molar-refractivity contribution in [2.45, 2.75) is 6.92 Å². The molecule has 90 valence electrons. The van der Waals surface area contributed by atoms with E-state index in [0.717, 1.165) is 0 Å². The summed E-state index contributed by atoms with van der Waals surface area (Å²) in [5.41, 5.74) is 0.179. The minimum atomic E-state index is -4.61. The fraction of sp³-hybridized carbons (Fsp3) is 0.100. The van der Waals surface area contributed by atoms with Crippen LogP contribution < -0.4 is 10.1 Å². The van der Waals surface area contributed by atoms with E-state index in [2.05, 4.69) is 4.52 Å². The summed E-state index contributed by atoms with van der Waals surface area (Å²) < 4.78 is 20.0. The van der Waals surface area contributed by atoms with Gasteiger partial charge in [-0.1, -0.05) is 0 Å². The Kier molecular flexibility index (Phi) is 2.79. The third kappa shape index (κ3) is 2.74. The molecule has 0 atom stereocenters. The average molecular weight is 256 g/mol. The third-order valence-electron chi connectivity index (χ3n) is 2.11. The monoisotopic (exact) mass is 256 g/mol. The Bertz CT molecular complexity index is 668. The average Bonchev–Trinajstić information content (AvgIpc) is 2.18. The van der Waals surface area contributed by atoms with Crippen LogP contribution in [0.5, 0.6) is 5.75 Å². The fourth-order valence-electron chi connectivity index (χ4n) is 1.39. The fourth-order valence-corrected chi connectivity index (χ4v) is 1.78. The number of rotatable bonds is 2. The molecule has 0 saturated carbocycles. The number of aryl methyl sites for hydroxylation is 1. The minimum absolute atomic E-state index is 0.0576. The predicted molar refractivity (Wildman–Crippen MR) is 59.9 cm³/mol. The summed E-state index contributed by atoms with van der Waals surface area (Å²) in [7, 11) is -4.61. The molecule has 1 aromatic carbocycles. The topological polar surface area (TPSA) is 97.0 Å². The lowest BCUT2D eigenvalue weighted by Crippen LogP contribution is -2.01. The van der Waals surface area contributed by atoms with E-state index in [1.54, 1.807) is 19.1 Å². The van der Waals surface area contributed by atoms with Crippen LogP contribution >= 0.6 is 7.82 Å². The van der Waals surface area contributed by atoms with Crippen LogP contribution in [-0.2, 0) is 4.57 Å². The molecule has 2 N–H and O–H groups in total. The van der Waals surface area contributed by atoms with Crippen LogP contribution in [0.25, 0.3) is 11.0 Å². The highest BCUT2D eigenvalue weighted by molar-refractivity contribution is 7.46. The molecule has 0 fully saturated rings. The summed E-state index contributed by atoms with van der Waals surface area (Å²) in [6, 6.07) is 5.83. The van der Waals surface area contributed by atoms with Gasteiger partial charge in [0, 0.05) is 17.0 Å². The Morgan fingerprint density at radius 3 is 2.65 bits per heavy atom. The maximum Gasteiger partial charge on any atom is 0.524 e. The minimum Gasteiger partial charge on any atom is -0.422 e. The lowest BCUT2D eigenvalue weighted by molar-refractivity contribution is 0.283. The van der Waals surface area contributed by atoms with E-state index in [0.29, 0.717) is 10.9 Å². The van der Waals surface area contributed by atoms with Crippen molar-refractivity contribution in [2.75, 3.05) is 0 Å². The van der Waals surface area contributed by atoms with E-state index >= 15 is 0 Å². The summed E-state index contributed by atoms with van der Waals surface area (Å²) in [6.45, 7) is 1.62. The second kappa shape index (κ2) is 4.00. The molecule has 0 unspecified atom stereocenters. The molecule has 1 heterocycles. The highest BCUT2D eigenvalue weighted by atomic mass is 31.2. The van der Waals surface area contributed by atoms with Crippen LogP contribution in [0.15, 0.2) is 33.5 Å². The van der Waals surface area contributed by atoms with Gasteiger partial charge in [0.1, 0.15) is 11.3 Å². The van der Waals surface area contributed by atoms with Gasteiger partial charge < -0.3 is 8.94 Å². The van der Waals surface area contributed by atoms with Gasteiger partial charge in [0.05, 0.1) is 0 Å². The maximum atomic E-state index is 11.3. The molecule has 0 radical (unpaired) electrons. The molecule has 7 heteroatoms. The van der Waals surface area contributed by atoms with Gasteiger partial charge in [0.25, 0.3) is 0 Å². The molecule has 0 bridgehead atoms. The zero-order valence-electron chi connectivity index (χ0n) is 8.78. The quantitative estimate of drug-likeness (QED) is 0.625. The molecule has 2 rings (SSSR count). The number of hydrogen-bond donors (Lipinski definition) is 2. The summed E-state index contributed by atoms with van der Waals surface area (Å²) in [4.78, 5) is 28.5. The summed E-state index contributed by atoms with van der Waals surface area (Å²) in [6.07, 6.45) is 0. The zero-order valence-corrected chi connectivity index (χ0v) is 9.68. The number of phosphoric ester groups is 1. The van der Waals surface area contributed by atoms with Gasteiger partial charge in [-0.2, -0.15) is 0 Å². The largest absolute Gasteiger partial charge is 0.524 e. The maximum absolute atomic E-state index is 11.3. The molecule has 17 heavy (non-hydrogen) atoms. The molecule has 0 amide bonds. The van der Waals surface area contributed by atoms with Crippen molar-refractivity contribution >= 4 is 18.8 Å². The smallest absolute Gasteiger partial charge is 0.422 e. The first-order valence-corrected chi connectivity index (χ1v) is 6.18. The first-order chi connectivity index (χ1) is 7.85. The van der Waals surface area contributed by atoms with Crippen LogP contribution in [0, 0.1) is 6.92 Å². The molecule has 0 spiro atoms. The first-order valence-electron chi connectivity index (χ1n) is 4.65. The summed E-state index contributed by atoms with van der Waals surface area (Å²) in [5, 5.41) is 0.653. The Morgan fingerprint density at radius 2 is 2.00 bits per heavy atom. The lowest BCUT2D eigenvalue weighted by atomic mass is 10.2. The standard InChI is InChI=1S/C10H9O6P/c1-6-4-7-2-3-8(16-17(12,13)14)5-9(7)15-10(6)11/h2-5H,1H3,(H2,12,13,14). The highest BCUT2D eigenvalue weighted by Crippen LogP contribution is 2.38. The number of fused-ring (bicyclic) bond motifs is 1. The van der Waals surface area contributed by atoms with Crippen LogP contribution in [0.1, 0.15) is 5.56 Å². The number of hydrogen-bond acceptors (Lipinski definition) is 4. The van der Waals surface area contributed by atoms with Crippen LogP contribution in [0.2, 0.25) is 0 Å². The van der Waals surface area contributed by atoms with Crippen molar-refractivity contribution in [1.29, 1.82) is 0 Å². The van der Waals surface area contributed by atoms with Crippen molar-refractivity contribution in [2.24, 2.45) is 0 Å².